The van der Waals surface area contributed by atoms with Gasteiger partial charge in [-0.1, -0.05) is 0 Å². The minimum atomic E-state index is -0.384. The Hall–Kier alpha value is -2.91. The van der Waals surface area contributed by atoms with Crippen molar-refractivity contribution in [3.63, 3.8) is 0 Å². The first-order valence-corrected chi connectivity index (χ1v) is 9.71. The van der Waals surface area contributed by atoms with E-state index in [1.54, 1.807) is 24.5 Å². The van der Waals surface area contributed by atoms with Gasteiger partial charge in [-0.25, -0.2) is 14.4 Å². The van der Waals surface area contributed by atoms with Crippen LogP contribution in [-0.4, -0.2) is 45.5 Å². The predicted molar refractivity (Wildman–Crippen MR) is 107 cm³/mol. The second-order valence-corrected chi connectivity index (χ2v) is 7.52. The average Bonchev–Trinajstić information content (AvgIpc) is 3.14. The molecule has 7 nitrogen and oxygen atoms in total. The molecule has 0 atom stereocenters. The van der Waals surface area contributed by atoms with Crippen molar-refractivity contribution in [2.75, 3.05) is 30.8 Å². The zero-order valence-electron chi connectivity index (χ0n) is 15.1. The maximum Gasteiger partial charge on any atom is 0.285 e. The molecule has 4 heterocycles. The summed E-state index contributed by atoms with van der Waals surface area (Å²) in [5, 5.41) is 3.12. The van der Waals surface area contributed by atoms with Crippen LogP contribution in [0.5, 0.6) is 0 Å². The third-order valence-electron chi connectivity index (χ3n) is 4.52. The number of carbonyl (C=O) groups is 1. The molecule has 0 unspecified atom stereocenters. The number of aromatic nitrogens is 3. The lowest BCUT2D eigenvalue weighted by molar-refractivity contribution is 0.102. The quantitative estimate of drug-likeness (QED) is 0.686. The Morgan fingerprint density at radius 2 is 2.21 bits per heavy atom. The van der Waals surface area contributed by atoms with E-state index in [-0.39, 0.29) is 12.6 Å². The van der Waals surface area contributed by atoms with Crippen LogP contribution in [0.15, 0.2) is 36.7 Å². The molecule has 9 heteroatoms. The molecule has 0 saturated carbocycles. The molecule has 1 aliphatic rings. The van der Waals surface area contributed by atoms with E-state index in [1.165, 1.54) is 11.3 Å². The van der Waals surface area contributed by atoms with Gasteiger partial charge in [-0.15, -0.1) is 11.3 Å². The first kappa shape index (κ1) is 18.5. The Bertz CT molecular complexity index is 993. The van der Waals surface area contributed by atoms with Gasteiger partial charge in [0.15, 0.2) is 10.8 Å². The van der Waals surface area contributed by atoms with Crippen LogP contribution in [0.1, 0.15) is 20.4 Å². The van der Waals surface area contributed by atoms with Crippen molar-refractivity contribution in [3.05, 3.63) is 52.2 Å². The zero-order valence-corrected chi connectivity index (χ0v) is 15.9. The van der Waals surface area contributed by atoms with E-state index in [0.29, 0.717) is 35.3 Å². The molecule has 144 valence electrons. The van der Waals surface area contributed by atoms with Crippen LogP contribution in [0.2, 0.25) is 0 Å². The number of pyridine rings is 2. The number of hydrogen-bond donors (Lipinski definition) is 2. The fourth-order valence-electron chi connectivity index (χ4n) is 3.07. The second kappa shape index (κ2) is 7.99. The number of amides is 1. The van der Waals surface area contributed by atoms with Gasteiger partial charge in [0.05, 0.1) is 17.1 Å². The molecule has 0 aromatic carbocycles. The third-order valence-corrected chi connectivity index (χ3v) is 5.67. The predicted octanol–water partition coefficient (Wildman–Crippen LogP) is 2.76. The van der Waals surface area contributed by atoms with E-state index in [2.05, 4.69) is 20.3 Å². The smallest absolute Gasteiger partial charge is 0.285 e. The lowest BCUT2D eigenvalue weighted by atomic mass is 10.2. The topological polar surface area (TPSA) is 97.0 Å². The maximum atomic E-state index is 12.7. The summed E-state index contributed by atoms with van der Waals surface area (Å²) in [6, 6.07) is 7.18. The van der Waals surface area contributed by atoms with Gasteiger partial charge in [0.25, 0.3) is 5.91 Å². The molecule has 1 amide bonds. The van der Waals surface area contributed by atoms with Gasteiger partial charge in [0.2, 0.25) is 0 Å². The minimum absolute atomic E-state index is 0.290. The van der Waals surface area contributed by atoms with Gasteiger partial charge in [-0.2, -0.15) is 0 Å². The molecule has 28 heavy (non-hydrogen) atoms. The number of alkyl halides is 1. The number of rotatable bonds is 5. The molecule has 3 N–H and O–H groups in total. The van der Waals surface area contributed by atoms with Crippen molar-refractivity contribution in [1.29, 1.82) is 0 Å². The van der Waals surface area contributed by atoms with Crippen LogP contribution in [0.4, 0.5) is 15.9 Å². The van der Waals surface area contributed by atoms with Crippen LogP contribution in [0.3, 0.4) is 0 Å². The monoisotopic (exact) mass is 398 g/mol. The number of nitrogens with one attached hydrogen (secondary N) is 1. The summed E-state index contributed by atoms with van der Waals surface area (Å²) in [6.45, 7) is 1.35. The highest BCUT2D eigenvalue weighted by Crippen LogP contribution is 2.27. The number of nitrogens with zero attached hydrogens (tertiary/aromatic N) is 4. The summed E-state index contributed by atoms with van der Waals surface area (Å²) in [5.74, 6) is -0.0578. The number of thiazole rings is 1. The van der Waals surface area contributed by atoms with Crippen LogP contribution >= 0.6 is 11.3 Å². The molecule has 3 aromatic rings. The van der Waals surface area contributed by atoms with Crippen molar-refractivity contribution < 1.29 is 9.18 Å². The molecule has 0 bridgehead atoms. The normalized spacial score (nSPS) is 13.9. The van der Waals surface area contributed by atoms with Crippen molar-refractivity contribution in [3.8, 4) is 11.3 Å². The Balaban J connectivity index is 1.53. The number of carbonyl (C=O) groups excluding carboxylic acids is 1. The SMILES string of the molecule is Nc1ccc(-c2cccnc2)nc1NC(=O)c1nc2c(s1)CCN(CCF)C2. The Labute approximate surface area is 165 Å². The molecule has 1 aliphatic heterocycles. The second-order valence-electron chi connectivity index (χ2n) is 6.43. The standard InChI is InChI=1S/C19H19FN6OS/c20-6-9-26-8-5-16-15(11-26)24-19(28-16)18(27)25-17-13(21)3-4-14(23-17)12-2-1-7-22-10-12/h1-4,7,10H,5-6,8-9,11,21H2,(H,23,25,27). The average molecular weight is 398 g/mol. The fraction of sp³-hybridized carbons (Fsp3) is 0.263. The summed E-state index contributed by atoms with van der Waals surface area (Å²) in [7, 11) is 0. The van der Waals surface area contributed by atoms with Gasteiger partial charge in [0, 0.05) is 42.5 Å². The first-order valence-electron chi connectivity index (χ1n) is 8.89. The highest BCUT2D eigenvalue weighted by Gasteiger charge is 2.23. The van der Waals surface area contributed by atoms with Crippen LogP contribution in [-0.2, 0) is 13.0 Å². The number of anilines is 2. The van der Waals surface area contributed by atoms with Crippen LogP contribution in [0, 0.1) is 0 Å². The highest BCUT2D eigenvalue weighted by atomic mass is 32.1. The summed E-state index contributed by atoms with van der Waals surface area (Å²) >= 11 is 1.37. The summed E-state index contributed by atoms with van der Waals surface area (Å²) < 4.78 is 12.6. The molecule has 0 fully saturated rings. The number of fused-ring (bicyclic) bond motifs is 1. The van der Waals surface area contributed by atoms with E-state index in [4.69, 9.17) is 5.73 Å². The van der Waals surface area contributed by atoms with E-state index in [1.807, 2.05) is 17.0 Å². The molecule has 0 aliphatic carbocycles. The molecule has 3 aromatic heterocycles. The largest absolute Gasteiger partial charge is 0.396 e. The van der Waals surface area contributed by atoms with Crippen molar-refractivity contribution in [2.24, 2.45) is 0 Å². The number of nitrogen functional groups attached to an aromatic ring is 1. The molecular formula is C19H19FN6OS. The van der Waals surface area contributed by atoms with Crippen molar-refractivity contribution >= 4 is 28.7 Å². The minimum Gasteiger partial charge on any atom is -0.396 e. The van der Waals surface area contributed by atoms with Crippen molar-refractivity contribution in [2.45, 2.75) is 13.0 Å². The Kier molecular flexibility index (Phi) is 5.27. The van der Waals surface area contributed by atoms with Gasteiger partial charge in [-0.05, 0) is 30.7 Å². The number of halogens is 1. The molecule has 0 spiro atoms. The van der Waals surface area contributed by atoms with E-state index >= 15 is 0 Å². The number of hydrogen-bond acceptors (Lipinski definition) is 7. The number of nitrogens with two attached hydrogens (primary N) is 1. The van der Waals surface area contributed by atoms with Gasteiger partial charge >= 0.3 is 0 Å². The van der Waals surface area contributed by atoms with E-state index in [9.17, 15) is 9.18 Å². The third kappa shape index (κ3) is 3.85. The lowest BCUT2D eigenvalue weighted by Crippen LogP contribution is -2.31. The lowest BCUT2D eigenvalue weighted by Gasteiger charge is -2.24. The summed E-state index contributed by atoms with van der Waals surface area (Å²) in [6.07, 6.45) is 4.15. The maximum absolute atomic E-state index is 12.7. The van der Waals surface area contributed by atoms with E-state index in [0.717, 1.165) is 29.1 Å². The van der Waals surface area contributed by atoms with Gasteiger partial charge < -0.3 is 11.1 Å². The Morgan fingerprint density at radius 1 is 1.32 bits per heavy atom. The molecule has 4 rings (SSSR count). The molecule has 0 radical (unpaired) electrons. The molecular weight excluding hydrogens is 379 g/mol. The highest BCUT2D eigenvalue weighted by molar-refractivity contribution is 7.13. The fourth-order valence-corrected chi connectivity index (χ4v) is 4.02. The molecule has 0 saturated heterocycles. The first-order chi connectivity index (χ1) is 13.6. The summed E-state index contributed by atoms with van der Waals surface area (Å²) in [4.78, 5) is 28.8. The Morgan fingerprint density at radius 3 is 3.00 bits per heavy atom. The van der Waals surface area contributed by atoms with E-state index < -0.39 is 0 Å². The zero-order chi connectivity index (χ0) is 19.5. The van der Waals surface area contributed by atoms with Crippen LogP contribution < -0.4 is 11.1 Å². The van der Waals surface area contributed by atoms with Gasteiger partial charge in [-0.3, -0.25) is 14.7 Å². The van der Waals surface area contributed by atoms with Crippen molar-refractivity contribution in [1.82, 2.24) is 19.9 Å². The van der Waals surface area contributed by atoms with Gasteiger partial charge in [0.1, 0.15) is 6.67 Å². The van der Waals surface area contributed by atoms with Crippen LogP contribution in [0.25, 0.3) is 11.3 Å². The summed E-state index contributed by atoms with van der Waals surface area (Å²) in [5.41, 5.74) is 8.70.